The van der Waals surface area contributed by atoms with E-state index in [1.165, 1.54) is 0 Å². The van der Waals surface area contributed by atoms with E-state index < -0.39 is 23.7 Å². The lowest BCUT2D eigenvalue weighted by Crippen LogP contribution is -2.34. The standard InChI is InChI=1S/C23H22INO6S/c1-3-29-18-11-16(10-17(24)21(18)31-14-15-8-6-5-7-9-15)12-19-22(27)25(23(28)32-19)13-20(26)30-4-2/h5-12H,3-4,13-14H2,1-2H3/b19-12+. The summed E-state index contributed by atoms with van der Waals surface area (Å²) in [4.78, 5) is 37.7. The van der Waals surface area contributed by atoms with Crippen LogP contribution in [0.2, 0.25) is 0 Å². The second kappa shape index (κ2) is 11.4. The molecule has 3 rings (SSSR count). The molecular formula is C23H22INO6S. The molecule has 1 saturated heterocycles. The molecule has 9 heteroatoms. The molecule has 32 heavy (non-hydrogen) atoms. The van der Waals surface area contributed by atoms with Crippen LogP contribution in [0, 0.1) is 3.57 Å². The Hall–Kier alpha value is -2.53. The van der Waals surface area contributed by atoms with Gasteiger partial charge in [-0.15, -0.1) is 0 Å². The summed E-state index contributed by atoms with van der Waals surface area (Å²) in [6, 6.07) is 13.4. The van der Waals surface area contributed by atoms with Gasteiger partial charge >= 0.3 is 5.97 Å². The van der Waals surface area contributed by atoms with Gasteiger partial charge < -0.3 is 14.2 Å². The molecule has 1 heterocycles. The van der Waals surface area contributed by atoms with E-state index in [4.69, 9.17) is 14.2 Å². The number of esters is 1. The maximum Gasteiger partial charge on any atom is 0.326 e. The summed E-state index contributed by atoms with van der Waals surface area (Å²) in [5.74, 6) is 0.0192. The van der Waals surface area contributed by atoms with E-state index in [0.29, 0.717) is 30.3 Å². The van der Waals surface area contributed by atoms with Crippen LogP contribution in [-0.2, 0) is 20.9 Å². The van der Waals surface area contributed by atoms with Crippen LogP contribution in [0.25, 0.3) is 6.08 Å². The van der Waals surface area contributed by atoms with Crippen LogP contribution < -0.4 is 9.47 Å². The fraction of sp³-hybridized carbons (Fsp3) is 0.261. The van der Waals surface area contributed by atoms with Crippen LogP contribution in [0.3, 0.4) is 0 Å². The van der Waals surface area contributed by atoms with Gasteiger partial charge in [0.2, 0.25) is 0 Å². The lowest BCUT2D eigenvalue weighted by molar-refractivity contribution is -0.145. The number of rotatable bonds is 9. The summed E-state index contributed by atoms with van der Waals surface area (Å²) in [5.41, 5.74) is 1.72. The minimum atomic E-state index is -0.621. The molecule has 0 aromatic heterocycles. The van der Waals surface area contributed by atoms with Crippen molar-refractivity contribution in [2.45, 2.75) is 20.5 Å². The summed E-state index contributed by atoms with van der Waals surface area (Å²) in [7, 11) is 0. The minimum absolute atomic E-state index is 0.183. The van der Waals surface area contributed by atoms with Gasteiger partial charge in [-0.2, -0.15) is 0 Å². The van der Waals surface area contributed by atoms with Crippen molar-refractivity contribution >= 4 is 57.5 Å². The monoisotopic (exact) mass is 567 g/mol. The molecule has 1 fully saturated rings. The fourth-order valence-electron chi connectivity index (χ4n) is 2.93. The molecule has 1 aliphatic rings. The third-order valence-corrected chi connectivity index (χ3v) is 6.03. The first kappa shape index (κ1) is 24.1. The molecule has 0 N–H and O–H groups in total. The van der Waals surface area contributed by atoms with Crippen molar-refractivity contribution in [2.24, 2.45) is 0 Å². The third kappa shape index (κ3) is 6.04. The van der Waals surface area contributed by atoms with E-state index in [9.17, 15) is 14.4 Å². The lowest BCUT2D eigenvalue weighted by Gasteiger charge is -2.15. The Balaban J connectivity index is 1.82. The topological polar surface area (TPSA) is 82.1 Å². The van der Waals surface area contributed by atoms with Gasteiger partial charge in [-0.1, -0.05) is 30.3 Å². The molecule has 2 amide bonds. The molecular weight excluding hydrogens is 545 g/mol. The van der Waals surface area contributed by atoms with Crippen LogP contribution in [0.1, 0.15) is 25.0 Å². The van der Waals surface area contributed by atoms with Gasteiger partial charge in [-0.3, -0.25) is 19.3 Å². The maximum atomic E-state index is 12.6. The van der Waals surface area contributed by atoms with E-state index in [1.54, 1.807) is 19.1 Å². The van der Waals surface area contributed by atoms with E-state index in [-0.39, 0.29) is 11.5 Å². The number of carbonyl (C=O) groups excluding carboxylic acids is 3. The number of carbonyl (C=O) groups is 3. The number of amides is 2. The summed E-state index contributed by atoms with van der Waals surface area (Å²) in [6.07, 6.45) is 1.61. The summed E-state index contributed by atoms with van der Waals surface area (Å²) >= 11 is 2.94. The Bertz CT molecular complexity index is 1040. The quantitative estimate of drug-likeness (QED) is 0.243. The van der Waals surface area contributed by atoms with E-state index in [1.807, 2.05) is 43.3 Å². The Labute approximate surface area is 204 Å². The summed E-state index contributed by atoms with van der Waals surface area (Å²) in [6.45, 7) is 4.16. The van der Waals surface area contributed by atoms with Gasteiger partial charge in [-0.25, -0.2) is 0 Å². The molecule has 1 aliphatic heterocycles. The van der Waals surface area contributed by atoms with Gasteiger partial charge in [-0.05, 0) is 77.5 Å². The van der Waals surface area contributed by atoms with E-state index in [2.05, 4.69) is 22.6 Å². The van der Waals surface area contributed by atoms with Gasteiger partial charge in [0.15, 0.2) is 11.5 Å². The fourth-order valence-corrected chi connectivity index (χ4v) is 4.55. The second-order valence-electron chi connectivity index (χ2n) is 6.61. The number of ether oxygens (including phenoxy) is 3. The predicted molar refractivity (Wildman–Crippen MR) is 130 cm³/mol. The largest absolute Gasteiger partial charge is 0.490 e. The average Bonchev–Trinajstić information content (AvgIpc) is 3.01. The first-order valence-corrected chi connectivity index (χ1v) is 11.9. The third-order valence-electron chi connectivity index (χ3n) is 4.32. The van der Waals surface area contributed by atoms with Crippen LogP contribution in [-0.4, -0.2) is 41.8 Å². The molecule has 2 aromatic rings. The highest BCUT2D eigenvalue weighted by molar-refractivity contribution is 14.1. The van der Waals surface area contributed by atoms with Crippen molar-refractivity contribution in [1.82, 2.24) is 4.90 Å². The van der Waals surface area contributed by atoms with Crippen LogP contribution in [0.15, 0.2) is 47.4 Å². The molecule has 0 saturated carbocycles. The Morgan fingerprint density at radius 3 is 2.53 bits per heavy atom. The van der Waals surface area contributed by atoms with Crippen molar-refractivity contribution < 1.29 is 28.6 Å². The van der Waals surface area contributed by atoms with Crippen LogP contribution in [0.5, 0.6) is 11.5 Å². The number of nitrogens with zero attached hydrogens (tertiary/aromatic N) is 1. The van der Waals surface area contributed by atoms with Crippen molar-refractivity contribution in [3.63, 3.8) is 0 Å². The average molecular weight is 567 g/mol. The number of halogens is 1. The van der Waals surface area contributed by atoms with Crippen molar-refractivity contribution in [1.29, 1.82) is 0 Å². The van der Waals surface area contributed by atoms with Crippen molar-refractivity contribution in [2.75, 3.05) is 19.8 Å². The molecule has 2 aromatic carbocycles. The second-order valence-corrected chi connectivity index (χ2v) is 8.77. The Morgan fingerprint density at radius 2 is 1.84 bits per heavy atom. The Kier molecular flexibility index (Phi) is 8.57. The number of hydrogen-bond acceptors (Lipinski definition) is 7. The van der Waals surface area contributed by atoms with Crippen molar-refractivity contribution in [3.8, 4) is 11.5 Å². The zero-order valence-electron chi connectivity index (χ0n) is 17.6. The van der Waals surface area contributed by atoms with E-state index in [0.717, 1.165) is 25.8 Å². The van der Waals surface area contributed by atoms with Gasteiger partial charge in [0.1, 0.15) is 13.2 Å². The number of imide groups is 1. The summed E-state index contributed by atoms with van der Waals surface area (Å²) < 4.78 is 17.4. The summed E-state index contributed by atoms with van der Waals surface area (Å²) in [5, 5.41) is -0.503. The molecule has 0 aliphatic carbocycles. The zero-order chi connectivity index (χ0) is 23.1. The van der Waals surface area contributed by atoms with Gasteiger partial charge in [0.25, 0.3) is 11.1 Å². The van der Waals surface area contributed by atoms with Crippen molar-refractivity contribution in [3.05, 3.63) is 62.1 Å². The first-order chi connectivity index (χ1) is 15.4. The smallest absolute Gasteiger partial charge is 0.326 e. The molecule has 168 valence electrons. The molecule has 7 nitrogen and oxygen atoms in total. The number of thioether (sulfide) groups is 1. The predicted octanol–water partition coefficient (Wildman–Crippen LogP) is 4.87. The first-order valence-electron chi connectivity index (χ1n) is 9.97. The molecule has 0 spiro atoms. The minimum Gasteiger partial charge on any atom is -0.490 e. The highest BCUT2D eigenvalue weighted by atomic mass is 127. The molecule has 0 unspecified atom stereocenters. The Morgan fingerprint density at radius 1 is 1.09 bits per heavy atom. The molecule has 0 atom stereocenters. The zero-order valence-corrected chi connectivity index (χ0v) is 20.6. The van der Waals surface area contributed by atoms with E-state index >= 15 is 0 Å². The van der Waals surface area contributed by atoms with Gasteiger partial charge in [0.05, 0.1) is 21.7 Å². The SMILES string of the molecule is CCOC(=O)CN1C(=O)S/C(=C/c2cc(I)c(OCc3ccccc3)c(OCC)c2)C1=O. The lowest BCUT2D eigenvalue weighted by atomic mass is 10.1. The van der Waals surface area contributed by atoms with Crippen LogP contribution in [0.4, 0.5) is 4.79 Å². The highest BCUT2D eigenvalue weighted by Crippen LogP contribution is 2.37. The number of hydrogen-bond donors (Lipinski definition) is 0. The number of benzene rings is 2. The highest BCUT2D eigenvalue weighted by Gasteiger charge is 2.36. The molecule has 0 radical (unpaired) electrons. The normalized spacial score (nSPS) is 14.7. The van der Waals surface area contributed by atoms with Gasteiger partial charge in [0, 0.05) is 0 Å². The maximum absolute atomic E-state index is 12.6. The molecule has 0 bridgehead atoms. The van der Waals surface area contributed by atoms with Crippen LogP contribution >= 0.6 is 34.4 Å².